The fraction of sp³-hybridized carbons (Fsp3) is 0.333. The van der Waals surface area contributed by atoms with E-state index in [0.717, 1.165) is 0 Å². The van der Waals surface area contributed by atoms with E-state index in [4.69, 9.17) is 13.9 Å². The molecule has 0 amide bonds. The van der Waals surface area contributed by atoms with E-state index in [0.29, 0.717) is 6.61 Å². The molecular formula is C27H34O5Si. The lowest BCUT2D eigenvalue weighted by Crippen LogP contribution is -2.66. The summed E-state index contributed by atoms with van der Waals surface area (Å²) >= 11 is 0. The molecule has 0 fully saturated rings. The second-order valence-electron chi connectivity index (χ2n) is 8.42. The molecule has 0 heterocycles. The number of hydrogen-bond acceptors (Lipinski definition) is 5. The fourth-order valence-electron chi connectivity index (χ4n) is 3.79. The van der Waals surface area contributed by atoms with Crippen LogP contribution in [-0.4, -0.2) is 40.1 Å². The minimum atomic E-state index is -2.65. The Balaban J connectivity index is 2.36. The second-order valence-corrected chi connectivity index (χ2v) is 12.7. The van der Waals surface area contributed by atoms with Crippen molar-refractivity contribution in [1.29, 1.82) is 0 Å². The summed E-state index contributed by atoms with van der Waals surface area (Å²) in [5.74, 6) is -1.40. The number of carbonyl (C=O) groups excluding carboxylic acids is 2. The predicted molar refractivity (Wildman–Crippen MR) is 134 cm³/mol. The van der Waals surface area contributed by atoms with Crippen LogP contribution in [0.3, 0.4) is 0 Å². The molecule has 0 aliphatic rings. The third-order valence-corrected chi connectivity index (χ3v) is 10.2. The zero-order valence-electron chi connectivity index (χ0n) is 20.2. The third kappa shape index (κ3) is 6.52. The first kappa shape index (κ1) is 26.3. The third-order valence-electron chi connectivity index (χ3n) is 5.20. The molecule has 0 atom stereocenters. The van der Waals surface area contributed by atoms with Crippen LogP contribution in [0.2, 0.25) is 5.04 Å². The van der Waals surface area contributed by atoms with Gasteiger partial charge in [-0.1, -0.05) is 93.6 Å². The summed E-state index contributed by atoms with van der Waals surface area (Å²) in [5, 5.41) is 2.23. The highest BCUT2D eigenvalue weighted by Gasteiger charge is 2.49. The predicted octanol–water partition coefficient (Wildman–Crippen LogP) is 4.17. The summed E-state index contributed by atoms with van der Waals surface area (Å²) in [6.07, 6.45) is 4.86. The summed E-state index contributed by atoms with van der Waals surface area (Å²) in [7, 11) is -2.65. The van der Waals surface area contributed by atoms with Gasteiger partial charge in [-0.25, -0.2) is 9.59 Å². The summed E-state index contributed by atoms with van der Waals surface area (Å²) in [6.45, 7) is 10.7. The Kier molecular flexibility index (Phi) is 9.82. The maximum absolute atomic E-state index is 12.1. The van der Waals surface area contributed by atoms with Crippen molar-refractivity contribution in [1.82, 2.24) is 0 Å². The molecule has 0 spiro atoms. The van der Waals surface area contributed by atoms with Crippen molar-refractivity contribution >= 4 is 30.6 Å². The zero-order valence-corrected chi connectivity index (χ0v) is 21.2. The van der Waals surface area contributed by atoms with Gasteiger partial charge < -0.3 is 13.9 Å². The summed E-state index contributed by atoms with van der Waals surface area (Å²) in [6, 6.07) is 20.7. The maximum Gasteiger partial charge on any atom is 0.345 e. The van der Waals surface area contributed by atoms with E-state index in [1.54, 1.807) is 26.0 Å². The van der Waals surface area contributed by atoms with Crippen LogP contribution in [0, 0.1) is 0 Å². The average Bonchev–Trinajstić information content (AvgIpc) is 2.79. The molecule has 0 aliphatic heterocycles. The topological polar surface area (TPSA) is 61.8 Å². The first-order chi connectivity index (χ1) is 15.8. The molecule has 0 radical (unpaired) electrons. The minimum Gasteiger partial charge on any atom is -0.462 e. The average molecular weight is 467 g/mol. The van der Waals surface area contributed by atoms with Gasteiger partial charge in [0.25, 0.3) is 8.32 Å². The summed E-state index contributed by atoms with van der Waals surface area (Å²) in [4.78, 5) is 24.3. The Hall–Kier alpha value is -2.96. The van der Waals surface area contributed by atoms with Crippen LogP contribution in [0.4, 0.5) is 0 Å². The molecule has 2 aromatic carbocycles. The molecule has 0 aromatic heterocycles. The number of carbonyl (C=O) groups is 2. The summed E-state index contributed by atoms with van der Waals surface area (Å²) < 4.78 is 16.7. The van der Waals surface area contributed by atoms with Crippen LogP contribution in [0.5, 0.6) is 0 Å². The van der Waals surface area contributed by atoms with Crippen molar-refractivity contribution in [3.8, 4) is 0 Å². The van der Waals surface area contributed by atoms with Gasteiger partial charge in [-0.3, -0.25) is 0 Å². The van der Waals surface area contributed by atoms with Gasteiger partial charge in [0.15, 0.2) is 0 Å². The highest BCUT2D eigenvalue weighted by atomic mass is 28.4. The molecule has 6 heteroatoms. The highest BCUT2D eigenvalue weighted by Crippen LogP contribution is 2.36. The van der Waals surface area contributed by atoms with Gasteiger partial charge in [0, 0.05) is 0 Å². The molecule has 0 saturated heterocycles. The molecule has 5 nitrogen and oxygen atoms in total. The van der Waals surface area contributed by atoms with Crippen molar-refractivity contribution in [2.75, 3.05) is 19.8 Å². The van der Waals surface area contributed by atoms with E-state index >= 15 is 0 Å². The van der Waals surface area contributed by atoms with Gasteiger partial charge in [0.05, 0.1) is 19.8 Å². The van der Waals surface area contributed by atoms with Crippen molar-refractivity contribution in [2.45, 2.75) is 39.7 Å². The molecular weight excluding hydrogens is 432 g/mol. The zero-order chi connectivity index (χ0) is 24.3. The van der Waals surface area contributed by atoms with Crippen molar-refractivity contribution in [3.63, 3.8) is 0 Å². The molecule has 0 bridgehead atoms. The maximum atomic E-state index is 12.1. The lowest BCUT2D eigenvalue weighted by Gasteiger charge is -2.42. The van der Waals surface area contributed by atoms with Gasteiger partial charge in [-0.15, -0.1) is 0 Å². The molecule has 0 aliphatic carbocycles. The molecule has 33 heavy (non-hydrogen) atoms. The molecule has 0 saturated carbocycles. The first-order valence-corrected chi connectivity index (χ1v) is 13.1. The molecule has 0 N–H and O–H groups in total. The standard InChI is InChI=1S/C27H34O5Si/c1-6-30-25(28)24(26(29)31-7-2)20-14-15-21-32-33(27(3,4)5,22-16-10-8-11-17-22)23-18-12-9-13-19-23/h8-20H,6-7,21H2,1-5H3/b15-14+. The molecule has 2 aromatic rings. The molecule has 0 unspecified atom stereocenters. The molecule has 176 valence electrons. The van der Waals surface area contributed by atoms with Gasteiger partial charge >= 0.3 is 11.9 Å². The van der Waals surface area contributed by atoms with Crippen LogP contribution in [-0.2, 0) is 23.5 Å². The van der Waals surface area contributed by atoms with Crippen LogP contribution in [0.15, 0.2) is 84.5 Å². The van der Waals surface area contributed by atoms with Gasteiger partial charge in [-0.05, 0) is 35.3 Å². The minimum absolute atomic E-state index is 0.138. The van der Waals surface area contributed by atoms with Gasteiger partial charge in [0.1, 0.15) is 5.57 Å². The number of ether oxygens (including phenoxy) is 2. The van der Waals surface area contributed by atoms with Gasteiger partial charge in [-0.2, -0.15) is 0 Å². The largest absolute Gasteiger partial charge is 0.462 e. The van der Waals surface area contributed by atoms with E-state index < -0.39 is 20.3 Å². The Morgan fingerprint density at radius 2 is 1.27 bits per heavy atom. The van der Waals surface area contributed by atoms with E-state index in [1.807, 2.05) is 36.4 Å². The van der Waals surface area contributed by atoms with E-state index in [2.05, 4.69) is 45.0 Å². The fourth-order valence-corrected chi connectivity index (χ4v) is 8.29. The van der Waals surface area contributed by atoms with E-state index in [-0.39, 0.29) is 23.8 Å². The Morgan fingerprint density at radius 1 is 0.818 bits per heavy atom. The second kappa shape index (κ2) is 12.3. The quantitative estimate of drug-likeness (QED) is 0.131. The van der Waals surface area contributed by atoms with Crippen LogP contribution in [0.1, 0.15) is 34.6 Å². The SMILES string of the molecule is CCOC(=O)C(=C/C=C/CO[Si](c1ccccc1)(c1ccccc1)C(C)(C)C)C(=O)OCC. The monoisotopic (exact) mass is 466 g/mol. The smallest absolute Gasteiger partial charge is 0.345 e. The van der Waals surface area contributed by atoms with Crippen LogP contribution < -0.4 is 10.4 Å². The van der Waals surface area contributed by atoms with Crippen molar-refractivity contribution < 1.29 is 23.5 Å². The van der Waals surface area contributed by atoms with E-state index in [9.17, 15) is 9.59 Å². The number of allylic oxidation sites excluding steroid dienone is 2. The van der Waals surface area contributed by atoms with Crippen LogP contribution >= 0.6 is 0 Å². The normalized spacial score (nSPS) is 11.8. The Labute approximate surface area is 198 Å². The Bertz CT molecular complexity index is 900. The number of esters is 2. The Morgan fingerprint density at radius 3 is 1.67 bits per heavy atom. The first-order valence-electron chi connectivity index (χ1n) is 11.2. The van der Waals surface area contributed by atoms with Crippen LogP contribution in [0.25, 0.3) is 0 Å². The van der Waals surface area contributed by atoms with Crippen molar-refractivity contribution in [2.24, 2.45) is 0 Å². The lowest BCUT2D eigenvalue weighted by atomic mass is 10.2. The number of benzene rings is 2. The van der Waals surface area contributed by atoms with E-state index in [1.165, 1.54) is 16.4 Å². The number of hydrogen-bond donors (Lipinski definition) is 0. The molecule has 2 rings (SSSR count). The van der Waals surface area contributed by atoms with Crippen molar-refractivity contribution in [3.05, 3.63) is 84.5 Å². The summed E-state index contributed by atoms with van der Waals surface area (Å²) in [5.41, 5.74) is -0.139. The highest BCUT2D eigenvalue weighted by molar-refractivity contribution is 6.99. The number of rotatable bonds is 10. The van der Waals surface area contributed by atoms with Gasteiger partial charge in [0.2, 0.25) is 0 Å². The lowest BCUT2D eigenvalue weighted by molar-refractivity contribution is -0.146.